The molecular weight excluding hydrogens is 152 g/mol. The van der Waals surface area contributed by atoms with Gasteiger partial charge in [0.25, 0.3) is 0 Å². The van der Waals surface area contributed by atoms with Gasteiger partial charge in [-0.1, -0.05) is 25.6 Å². The quantitative estimate of drug-likeness (QED) is 0.332. The molecule has 0 saturated carbocycles. The second-order valence-corrected chi connectivity index (χ2v) is 8.29. The summed E-state index contributed by atoms with van der Waals surface area (Å²) in [5, 5.41) is 0. The second kappa shape index (κ2) is 4.25. The van der Waals surface area contributed by atoms with Gasteiger partial charge in [0.05, 0.1) is 13.4 Å². The molecule has 0 N–H and O–H groups in total. The summed E-state index contributed by atoms with van der Waals surface area (Å²) in [6.45, 7) is 8.62. The van der Waals surface area contributed by atoms with Crippen molar-refractivity contribution in [2.45, 2.75) is 26.6 Å². The molecule has 0 amide bonds. The molecule has 0 aromatic rings. The van der Waals surface area contributed by atoms with Crippen LogP contribution >= 0.6 is 0 Å². The van der Waals surface area contributed by atoms with E-state index in [2.05, 4.69) is 31.1 Å². The normalized spacial score (nSPS) is 11.9. The molecule has 0 aromatic carbocycles. The van der Waals surface area contributed by atoms with E-state index in [9.17, 15) is 0 Å². The van der Waals surface area contributed by atoms with E-state index >= 15 is 0 Å². The van der Waals surface area contributed by atoms with Gasteiger partial charge in [0.2, 0.25) is 0 Å². The monoisotopic (exact) mass is 168 g/mol. The van der Waals surface area contributed by atoms with E-state index < -0.39 is 8.07 Å². The van der Waals surface area contributed by atoms with E-state index in [0.29, 0.717) is 0 Å². The van der Waals surface area contributed by atoms with Crippen molar-refractivity contribution in [1.29, 1.82) is 0 Å². The van der Waals surface area contributed by atoms with Crippen molar-refractivity contribution < 1.29 is 4.74 Å². The van der Waals surface area contributed by atoms with Crippen molar-refractivity contribution in [3.63, 3.8) is 0 Å². The standard InChI is InChI=1S/C9H16OSi/c1-9(8-10-2)6-7-11(3,4)5/h8H,1-5H3/b9-8+. The van der Waals surface area contributed by atoms with Crippen LogP contribution in [0.2, 0.25) is 19.6 Å². The van der Waals surface area contributed by atoms with Crippen LogP contribution in [-0.2, 0) is 4.74 Å². The summed E-state index contributed by atoms with van der Waals surface area (Å²) in [4.78, 5) is 0. The topological polar surface area (TPSA) is 9.23 Å². The maximum Gasteiger partial charge on any atom is 0.129 e. The molecule has 2 heteroatoms. The number of ether oxygens (including phenoxy) is 1. The minimum Gasteiger partial charge on any atom is -0.503 e. The fourth-order valence-electron chi connectivity index (χ4n) is 0.492. The smallest absolute Gasteiger partial charge is 0.129 e. The van der Waals surface area contributed by atoms with E-state index in [0.717, 1.165) is 5.57 Å². The van der Waals surface area contributed by atoms with Crippen LogP contribution < -0.4 is 0 Å². The molecular formula is C9H16OSi. The summed E-state index contributed by atoms with van der Waals surface area (Å²) < 4.78 is 4.82. The molecule has 0 radical (unpaired) electrons. The van der Waals surface area contributed by atoms with Gasteiger partial charge in [-0.3, -0.25) is 0 Å². The average molecular weight is 168 g/mol. The Morgan fingerprint density at radius 1 is 1.36 bits per heavy atom. The predicted molar refractivity (Wildman–Crippen MR) is 51.9 cm³/mol. The van der Waals surface area contributed by atoms with Gasteiger partial charge in [-0.05, 0) is 6.92 Å². The molecule has 0 rings (SSSR count). The third-order valence-corrected chi connectivity index (χ3v) is 1.80. The summed E-state index contributed by atoms with van der Waals surface area (Å²) in [5.74, 6) is 3.07. The van der Waals surface area contributed by atoms with Gasteiger partial charge in [0.1, 0.15) is 8.07 Å². The highest BCUT2D eigenvalue weighted by Gasteiger charge is 2.06. The summed E-state index contributed by atoms with van der Waals surface area (Å²) in [5.41, 5.74) is 4.24. The number of methoxy groups -OCH3 is 1. The zero-order valence-electron chi connectivity index (χ0n) is 7.99. The Balaban J connectivity index is 4.19. The number of rotatable bonds is 1. The lowest BCUT2D eigenvalue weighted by Crippen LogP contribution is -2.16. The third-order valence-electron chi connectivity index (χ3n) is 0.929. The van der Waals surface area contributed by atoms with Crippen LogP contribution in [0.4, 0.5) is 0 Å². The minimum atomic E-state index is -1.21. The van der Waals surface area contributed by atoms with E-state index in [4.69, 9.17) is 4.74 Å². The summed E-state index contributed by atoms with van der Waals surface area (Å²) in [7, 11) is 0.432. The fraction of sp³-hybridized carbons (Fsp3) is 0.556. The Morgan fingerprint density at radius 2 is 1.91 bits per heavy atom. The predicted octanol–water partition coefficient (Wildman–Crippen LogP) is 2.42. The Bertz CT molecular complexity index is 200. The summed E-state index contributed by atoms with van der Waals surface area (Å²) in [6.07, 6.45) is 1.67. The highest BCUT2D eigenvalue weighted by molar-refractivity contribution is 6.83. The van der Waals surface area contributed by atoms with Crippen LogP contribution in [0.15, 0.2) is 11.8 Å². The summed E-state index contributed by atoms with van der Waals surface area (Å²) >= 11 is 0. The number of hydrogen-bond acceptors (Lipinski definition) is 1. The van der Waals surface area contributed by atoms with E-state index in [1.807, 2.05) is 6.92 Å². The van der Waals surface area contributed by atoms with Crippen LogP contribution in [0, 0.1) is 11.5 Å². The van der Waals surface area contributed by atoms with E-state index in [1.54, 1.807) is 13.4 Å². The van der Waals surface area contributed by atoms with Crippen LogP contribution in [0.5, 0.6) is 0 Å². The minimum absolute atomic E-state index is 0.995. The first-order chi connectivity index (χ1) is 4.95. The average Bonchev–Trinajstić information content (AvgIpc) is 1.83. The Morgan fingerprint density at radius 3 is 2.27 bits per heavy atom. The number of allylic oxidation sites excluding steroid dienone is 1. The Kier molecular flexibility index (Phi) is 3.98. The highest BCUT2D eigenvalue weighted by atomic mass is 28.3. The van der Waals surface area contributed by atoms with E-state index in [1.165, 1.54) is 0 Å². The van der Waals surface area contributed by atoms with Gasteiger partial charge >= 0.3 is 0 Å². The van der Waals surface area contributed by atoms with Crippen LogP contribution in [0.25, 0.3) is 0 Å². The molecule has 11 heavy (non-hydrogen) atoms. The lowest BCUT2D eigenvalue weighted by atomic mass is 10.4. The van der Waals surface area contributed by atoms with Crippen molar-refractivity contribution in [3.8, 4) is 11.5 Å². The number of hydrogen-bond donors (Lipinski definition) is 0. The first-order valence-electron chi connectivity index (χ1n) is 3.68. The largest absolute Gasteiger partial charge is 0.503 e. The third kappa shape index (κ3) is 7.21. The summed E-state index contributed by atoms with van der Waals surface area (Å²) in [6, 6.07) is 0. The SMILES string of the molecule is CO/C=C(\C)C#C[Si](C)(C)C. The van der Waals surface area contributed by atoms with Gasteiger partial charge in [-0.2, -0.15) is 0 Å². The molecule has 0 fully saturated rings. The van der Waals surface area contributed by atoms with Crippen molar-refractivity contribution in [2.75, 3.05) is 7.11 Å². The zero-order valence-corrected chi connectivity index (χ0v) is 8.99. The van der Waals surface area contributed by atoms with E-state index in [-0.39, 0.29) is 0 Å². The maximum atomic E-state index is 4.82. The molecule has 0 unspecified atom stereocenters. The zero-order chi connectivity index (χ0) is 8.91. The van der Waals surface area contributed by atoms with Gasteiger partial charge in [-0.15, -0.1) is 5.54 Å². The van der Waals surface area contributed by atoms with Crippen molar-refractivity contribution in [1.82, 2.24) is 0 Å². The molecule has 0 aliphatic heterocycles. The van der Waals surface area contributed by atoms with Crippen molar-refractivity contribution in [3.05, 3.63) is 11.8 Å². The van der Waals surface area contributed by atoms with Gasteiger partial charge in [0.15, 0.2) is 0 Å². The molecule has 0 spiro atoms. The highest BCUT2D eigenvalue weighted by Crippen LogP contribution is 1.98. The second-order valence-electron chi connectivity index (χ2n) is 3.54. The maximum absolute atomic E-state index is 4.82. The molecule has 0 atom stereocenters. The molecule has 0 heterocycles. The molecule has 0 saturated heterocycles. The molecule has 62 valence electrons. The first kappa shape index (κ1) is 10.3. The molecule has 0 aromatic heterocycles. The fourth-order valence-corrected chi connectivity index (χ4v) is 1.06. The molecule has 0 aliphatic carbocycles. The Hall–Kier alpha value is -0.683. The first-order valence-corrected chi connectivity index (χ1v) is 7.18. The lowest BCUT2D eigenvalue weighted by molar-refractivity contribution is 0.335. The molecule has 0 bridgehead atoms. The van der Waals surface area contributed by atoms with Crippen molar-refractivity contribution in [2.24, 2.45) is 0 Å². The van der Waals surface area contributed by atoms with Crippen LogP contribution in [0.1, 0.15) is 6.92 Å². The van der Waals surface area contributed by atoms with Crippen LogP contribution in [0.3, 0.4) is 0 Å². The van der Waals surface area contributed by atoms with Gasteiger partial charge in [-0.25, -0.2) is 0 Å². The van der Waals surface area contributed by atoms with Gasteiger partial charge < -0.3 is 4.74 Å². The molecule has 1 nitrogen and oxygen atoms in total. The Labute approximate surface area is 70.5 Å². The van der Waals surface area contributed by atoms with Crippen molar-refractivity contribution >= 4 is 8.07 Å². The van der Waals surface area contributed by atoms with Crippen LogP contribution in [-0.4, -0.2) is 15.2 Å². The van der Waals surface area contributed by atoms with Gasteiger partial charge in [0, 0.05) is 5.57 Å². The lowest BCUT2D eigenvalue weighted by Gasteiger charge is -2.02. The molecule has 0 aliphatic rings.